The number of carbonyl (C=O) groups is 1. The van der Waals surface area contributed by atoms with Crippen LogP contribution in [0.1, 0.15) is 29.4 Å². The lowest BCUT2D eigenvalue weighted by molar-refractivity contribution is -0.141. The average molecular weight is 384 g/mol. The molecule has 3 aromatic rings. The second-order valence-corrected chi connectivity index (χ2v) is 7.10. The molecule has 0 radical (unpaired) electrons. The van der Waals surface area contributed by atoms with E-state index in [-0.39, 0.29) is 12.4 Å². The van der Waals surface area contributed by atoms with Crippen LogP contribution in [0, 0.1) is 13.8 Å². The summed E-state index contributed by atoms with van der Waals surface area (Å²) in [4.78, 5) is 32.4. The topological polar surface area (TPSA) is 82.3 Å². The molecule has 1 aromatic carbocycles. The smallest absolute Gasteiger partial charge is 0.336 e. The van der Waals surface area contributed by atoms with Gasteiger partial charge in [-0.25, -0.2) is 14.8 Å². The van der Waals surface area contributed by atoms with Crippen molar-refractivity contribution in [2.24, 2.45) is 0 Å². The van der Waals surface area contributed by atoms with Crippen LogP contribution in [0.5, 0.6) is 0 Å². The Bertz CT molecular complexity index is 1030. The molecule has 0 unspecified atom stereocenters. The van der Waals surface area contributed by atoms with E-state index in [4.69, 9.17) is 9.15 Å². The third-order valence-electron chi connectivity index (χ3n) is 3.97. The Hall–Kier alpha value is -2.67. The number of thioether (sulfide) groups is 1. The van der Waals surface area contributed by atoms with E-state index in [0.717, 1.165) is 28.8 Å². The third kappa shape index (κ3) is 4.95. The van der Waals surface area contributed by atoms with Gasteiger partial charge in [-0.2, -0.15) is 0 Å². The molecule has 0 saturated carbocycles. The van der Waals surface area contributed by atoms with Crippen molar-refractivity contribution in [3.63, 3.8) is 0 Å². The maximum absolute atomic E-state index is 12.1. The zero-order chi connectivity index (χ0) is 19.4. The van der Waals surface area contributed by atoms with E-state index in [1.54, 1.807) is 0 Å². The number of carbonyl (C=O) groups excluding carboxylic acids is 1. The largest absolute Gasteiger partial charge is 0.460 e. The molecule has 0 fully saturated rings. The SMILES string of the molecule is CCc1ccc2c(COC(=O)CSc3nc(C)cc(C)n3)cc(=O)oc2c1. The van der Waals surface area contributed by atoms with Crippen LogP contribution in [0.15, 0.2) is 44.7 Å². The van der Waals surface area contributed by atoms with Crippen molar-refractivity contribution >= 4 is 28.7 Å². The summed E-state index contributed by atoms with van der Waals surface area (Å²) in [5.74, 6) is -0.295. The zero-order valence-electron chi connectivity index (χ0n) is 15.4. The molecule has 27 heavy (non-hydrogen) atoms. The van der Waals surface area contributed by atoms with E-state index in [1.807, 2.05) is 45.0 Å². The van der Waals surface area contributed by atoms with E-state index in [2.05, 4.69) is 9.97 Å². The van der Waals surface area contributed by atoms with Crippen LogP contribution in [0.3, 0.4) is 0 Å². The fourth-order valence-electron chi connectivity index (χ4n) is 2.70. The molecule has 2 heterocycles. The van der Waals surface area contributed by atoms with Crippen molar-refractivity contribution in [3.8, 4) is 0 Å². The minimum atomic E-state index is -0.459. The number of aromatic nitrogens is 2. The van der Waals surface area contributed by atoms with E-state index in [1.165, 1.54) is 17.8 Å². The molecule has 6 nitrogen and oxygen atoms in total. The molecule has 3 rings (SSSR count). The molecule has 2 aromatic heterocycles. The van der Waals surface area contributed by atoms with Gasteiger partial charge in [-0.05, 0) is 38.0 Å². The molecule has 0 spiro atoms. The predicted molar refractivity (Wildman–Crippen MR) is 104 cm³/mol. The molecular weight excluding hydrogens is 364 g/mol. The van der Waals surface area contributed by atoms with E-state index >= 15 is 0 Å². The van der Waals surface area contributed by atoms with E-state index in [9.17, 15) is 9.59 Å². The molecule has 0 bridgehead atoms. The number of hydrogen-bond donors (Lipinski definition) is 0. The maximum Gasteiger partial charge on any atom is 0.336 e. The van der Waals surface area contributed by atoms with Crippen LogP contribution in [0.4, 0.5) is 0 Å². The van der Waals surface area contributed by atoms with Crippen LogP contribution in [0.25, 0.3) is 11.0 Å². The summed E-state index contributed by atoms with van der Waals surface area (Å²) in [6.07, 6.45) is 0.844. The van der Waals surface area contributed by atoms with E-state index < -0.39 is 11.6 Å². The number of fused-ring (bicyclic) bond motifs is 1. The van der Waals surface area contributed by atoms with Gasteiger partial charge in [0.1, 0.15) is 12.2 Å². The zero-order valence-corrected chi connectivity index (χ0v) is 16.3. The summed E-state index contributed by atoms with van der Waals surface area (Å²) in [7, 11) is 0. The van der Waals surface area contributed by atoms with Crippen molar-refractivity contribution in [1.29, 1.82) is 0 Å². The second-order valence-electron chi connectivity index (χ2n) is 6.16. The van der Waals surface area contributed by atoms with Crippen LogP contribution < -0.4 is 5.63 Å². The minimum absolute atomic E-state index is 0.0146. The maximum atomic E-state index is 12.1. The molecule has 140 valence electrons. The van der Waals surface area contributed by atoms with Gasteiger partial charge in [0.05, 0.1) is 5.75 Å². The second kappa shape index (κ2) is 8.35. The van der Waals surface area contributed by atoms with Gasteiger partial charge in [0.25, 0.3) is 0 Å². The quantitative estimate of drug-likeness (QED) is 0.278. The van der Waals surface area contributed by atoms with Crippen molar-refractivity contribution in [2.75, 3.05) is 5.75 Å². The molecule has 0 atom stereocenters. The first kappa shape index (κ1) is 19.1. The van der Waals surface area contributed by atoms with Crippen LogP contribution in [-0.2, 0) is 22.6 Å². The lowest BCUT2D eigenvalue weighted by Crippen LogP contribution is -2.10. The fraction of sp³-hybridized carbons (Fsp3) is 0.300. The minimum Gasteiger partial charge on any atom is -0.460 e. The van der Waals surface area contributed by atoms with Crippen molar-refractivity contribution in [3.05, 3.63) is 63.3 Å². The standard InChI is InChI=1S/C20H20N2O4S/c1-4-14-5-6-16-15(9-18(23)26-17(16)8-14)10-25-19(24)11-27-20-21-12(2)7-13(3)22-20/h5-9H,4,10-11H2,1-3H3. The summed E-state index contributed by atoms with van der Waals surface area (Å²) < 4.78 is 10.6. The molecule has 0 aliphatic carbocycles. The third-order valence-corrected chi connectivity index (χ3v) is 4.79. The first-order valence-corrected chi connectivity index (χ1v) is 9.59. The van der Waals surface area contributed by atoms with Gasteiger partial charge >= 0.3 is 11.6 Å². The Balaban J connectivity index is 1.67. The van der Waals surface area contributed by atoms with Gasteiger partial charge < -0.3 is 9.15 Å². The Labute approximate surface area is 161 Å². The fourth-order valence-corrected chi connectivity index (χ4v) is 3.44. The van der Waals surface area contributed by atoms with Gasteiger partial charge in [0.15, 0.2) is 5.16 Å². The Morgan fingerprint density at radius 2 is 1.89 bits per heavy atom. The number of benzene rings is 1. The summed E-state index contributed by atoms with van der Waals surface area (Å²) >= 11 is 1.23. The summed E-state index contributed by atoms with van der Waals surface area (Å²) in [6.45, 7) is 5.81. The summed E-state index contributed by atoms with van der Waals surface area (Å²) in [5.41, 5.74) is 3.46. The number of hydrogen-bond acceptors (Lipinski definition) is 7. The average Bonchev–Trinajstić information content (AvgIpc) is 2.63. The van der Waals surface area contributed by atoms with Crippen molar-refractivity contribution in [2.45, 2.75) is 39.0 Å². The van der Waals surface area contributed by atoms with Gasteiger partial charge in [0.2, 0.25) is 0 Å². The van der Waals surface area contributed by atoms with Gasteiger partial charge in [-0.15, -0.1) is 0 Å². The van der Waals surface area contributed by atoms with Crippen LogP contribution in [-0.4, -0.2) is 21.7 Å². The first-order chi connectivity index (χ1) is 12.9. The number of aryl methyl sites for hydroxylation is 3. The Morgan fingerprint density at radius 1 is 1.15 bits per heavy atom. The molecule has 0 saturated heterocycles. The normalized spacial score (nSPS) is 10.9. The number of esters is 1. The molecule has 0 aliphatic rings. The van der Waals surface area contributed by atoms with Gasteiger partial charge in [-0.1, -0.05) is 30.8 Å². The lowest BCUT2D eigenvalue weighted by atomic mass is 10.1. The monoisotopic (exact) mass is 384 g/mol. The highest BCUT2D eigenvalue weighted by molar-refractivity contribution is 7.99. The highest BCUT2D eigenvalue weighted by Crippen LogP contribution is 2.20. The molecule has 0 amide bonds. The highest BCUT2D eigenvalue weighted by atomic mass is 32.2. The van der Waals surface area contributed by atoms with Gasteiger partial charge in [0, 0.05) is 28.4 Å². The summed E-state index contributed by atoms with van der Waals surface area (Å²) in [6, 6.07) is 8.94. The molecule has 0 aliphatic heterocycles. The lowest BCUT2D eigenvalue weighted by Gasteiger charge is -2.08. The highest BCUT2D eigenvalue weighted by Gasteiger charge is 2.11. The molecular formula is C20H20N2O4S. The molecule has 0 N–H and O–H groups in total. The molecule has 7 heteroatoms. The number of rotatable bonds is 6. The van der Waals surface area contributed by atoms with Crippen LogP contribution in [0.2, 0.25) is 0 Å². The number of nitrogens with zero attached hydrogens (tertiary/aromatic N) is 2. The Morgan fingerprint density at radius 3 is 2.59 bits per heavy atom. The van der Waals surface area contributed by atoms with Crippen LogP contribution >= 0.6 is 11.8 Å². The van der Waals surface area contributed by atoms with Crippen molar-refractivity contribution in [1.82, 2.24) is 9.97 Å². The van der Waals surface area contributed by atoms with Crippen molar-refractivity contribution < 1.29 is 13.9 Å². The van der Waals surface area contributed by atoms with E-state index in [0.29, 0.717) is 16.3 Å². The predicted octanol–water partition coefficient (Wildman–Crippen LogP) is 3.60. The number of ether oxygens (including phenoxy) is 1. The Kier molecular flexibility index (Phi) is 5.91. The van der Waals surface area contributed by atoms with Gasteiger partial charge in [-0.3, -0.25) is 4.79 Å². The first-order valence-electron chi connectivity index (χ1n) is 8.61. The summed E-state index contributed by atoms with van der Waals surface area (Å²) in [5, 5.41) is 1.31.